The van der Waals surface area contributed by atoms with Crippen molar-refractivity contribution < 1.29 is 17.9 Å². The Balaban J connectivity index is 3.27. The molecule has 0 unspecified atom stereocenters. The first-order valence-electron chi connectivity index (χ1n) is 4.98. The summed E-state index contributed by atoms with van der Waals surface area (Å²) in [7, 11) is 2.99. The molecule has 17 heavy (non-hydrogen) atoms. The van der Waals surface area contributed by atoms with E-state index in [1.54, 1.807) is 13.1 Å². The summed E-state index contributed by atoms with van der Waals surface area (Å²) in [5, 5.41) is 2.86. The van der Waals surface area contributed by atoms with Crippen molar-refractivity contribution in [3.05, 3.63) is 42.0 Å². The van der Waals surface area contributed by atoms with Gasteiger partial charge in [-0.15, -0.1) is 6.58 Å². The van der Waals surface area contributed by atoms with Crippen LogP contribution in [0.25, 0.3) is 0 Å². The van der Waals surface area contributed by atoms with E-state index in [4.69, 9.17) is 4.74 Å². The average Bonchev–Trinajstić information content (AvgIpc) is 2.29. The van der Waals surface area contributed by atoms with Crippen molar-refractivity contribution >= 4 is 0 Å². The Labute approximate surface area is 98.1 Å². The van der Waals surface area contributed by atoms with Crippen molar-refractivity contribution in [3.8, 4) is 5.75 Å². The zero-order chi connectivity index (χ0) is 13.1. The summed E-state index contributed by atoms with van der Waals surface area (Å²) in [6, 6.07) is 3.27. The minimum atomic E-state index is -4.39. The van der Waals surface area contributed by atoms with E-state index in [-0.39, 0.29) is 11.8 Å². The largest absolute Gasteiger partial charge is 0.497 e. The predicted octanol–water partition coefficient (Wildman–Crippen LogP) is 3.16. The van der Waals surface area contributed by atoms with Crippen LogP contribution in [0.15, 0.2) is 30.9 Å². The molecule has 0 spiro atoms. The quantitative estimate of drug-likeness (QED) is 0.823. The van der Waals surface area contributed by atoms with E-state index in [1.807, 2.05) is 0 Å². The number of halogens is 3. The SMILES string of the molecule is C=C[C@@H](NC)c1cc(OC)cc(C(F)(F)F)c1. The molecule has 0 bridgehead atoms. The molecule has 94 valence electrons. The van der Waals surface area contributed by atoms with E-state index < -0.39 is 11.7 Å². The van der Waals surface area contributed by atoms with Gasteiger partial charge in [0.05, 0.1) is 18.7 Å². The van der Waals surface area contributed by atoms with Crippen molar-refractivity contribution in [1.29, 1.82) is 0 Å². The highest BCUT2D eigenvalue weighted by molar-refractivity contribution is 5.38. The highest BCUT2D eigenvalue weighted by Crippen LogP contribution is 2.34. The van der Waals surface area contributed by atoms with Gasteiger partial charge in [-0.25, -0.2) is 0 Å². The maximum absolute atomic E-state index is 12.7. The van der Waals surface area contributed by atoms with Gasteiger partial charge in [-0.05, 0) is 30.8 Å². The molecular weight excluding hydrogens is 231 g/mol. The van der Waals surface area contributed by atoms with Crippen LogP contribution < -0.4 is 10.1 Å². The lowest BCUT2D eigenvalue weighted by atomic mass is 10.0. The predicted molar refractivity (Wildman–Crippen MR) is 60.0 cm³/mol. The fourth-order valence-corrected chi connectivity index (χ4v) is 1.50. The number of methoxy groups -OCH3 is 1. The fraction of sp³-hybridized carbons (Fsp3) is 0.333. The molecule has 0 saturated heterocycles. The molecule has 1 N–H and O–H groups in total. The van der Waals surface area contributed by atoms with E-state index in [0.717, 1.165) is 12.1 Å². The molecule has 1 aromatic carbocycles. The zero-order valence-corrected chi connectivity index (χ0v) is 9.64. The minimum Gasteiger partial charge on any atom is -0.497 e. The number of alkyl halides is 3. The van der Waals surface area contributed by atoms with E-state index in [9.17, 15) is 13.2 Å². The van der Waals surface area contributed by atoms with Gasteiger partial charge in [-0.2, -0.15) is 13.2 Å². The second kappa shape index (κ2) is 5.23. The van der Waals surface area contributed by atoms with Crippen LogP contribution in [0.5, 0.6) is 5.75 Å². The number of benzene rings is 1. The summed E-state index contributed by atoms with van der Waals surface area (Å²) >= 11 is 0. The van der Waals surface area contributed by atoms with Crippen molar-refractivity contribution in [2.45, 2.75) is 12.2 Å². The molecule has 1 atom stereocenters. The molecule has 0 aliphatic rings. The van der Waals surface area contributed by atoms with Crippen LogP contribution in [-0.4, -0.2) is 14.2 Å². The van der Waals surface area contributed by atoms with E-state index in [0.29, 0.717) is 5.56 Å². The van der Waals surface area contributed by atoms with Crippen molar-refractivity contribution in [3.63, 3.8) is 0 Å². The summed E-state index contributed by atoms with van der Waals surface area (Å²) in [6.07, 6.45) is -2.85. The van der Waals surface area contributed by atoms with E-state index in [1.165, 1.54) is 13.2 Å². The monoisotopic (exact) mass is 245 g/mol. The molecule has 0 fully saturated rings. The summed E-state index contributed by atoms with van der Waals surface area (Å²) < 4.78 is 42.8. The van der Waals surface area contributed by atoms with Gasteiger partial charge in [-0.3, -0.25) is 0 Å². The maximum atomic E-state index is 12.7. The van der Waals surface area contributed by atoms with Crippen molar-refractivity contribution in [2.24, 2.45) is 0 Å². The third-order valence-electron chi connectivity index (χ3n) is 2.40. The topological polar surface area (TPSA) is 21.3 Å². The first kappa shape index (κ1) is 13.6. The summed E-state index contributed by atoms with van der Waals surface area (Å²) in [5.41, 5.74) is -0.261. The molecular formula is C12H14F3NO. The van der Waals surface area contributed by atoms with Crippen LogP contribution in [-0.2, 0) is 6.18 Å². The average molecular weight is 245 g/mol. The van der Waals surface area contributed by atoms with Crippen LogP contribution in [0, 0.1) is 0 Å². The summed E-state index contributed by atoms with van der Waals surface area (Å²) in [4.78, 5) is 0. The second-order valence-electron chi connectivity index (χ2n) is 3.49. The lowest BCUT2D eigenvalue weighted by Crippen LogP contribution is -2.15. The first-order chi connectivity index (χ1) is 7.92. The molecule has 5 heteroatoms. The van der Waals surface area contributed by atoms with Gasteiger partial charge in [0.15, 0.2) is 0 Å². The Morgan fingerprint density at radius 1 is 1.35 bits per heavy atom. The van der Waals surface area contributed by atoms with Gasteiger partial charge in [-0.1, -0.05) is 6.08 Å². The fourth-order valence-electron chi connectivity index (χ4n) is 1.50. The van der Waals surface area contributed by atoms with Crippen molar-refractivity contribution in [1.82, 2.24) is 5.32 Å². The first-order valence-corrected chi connectivity index (χ1v) is 4.98. The maximum Gasteiger partial charge on any atom is 0.416 e. The van der Waals surface area contributed by atoms with Gasteiger partial charge >= 0.3 is 6.18 Å². The molecule has 0 radical (unpaired) electrons. The Kier molecular flexibility index (Phi) is 4.17. The Hall–Kier alpha value is -1.49. The number of rotatable bonds is 4. The molecule has 2 nitrogen and oxygen atoms in total. The second-order valence-corrected chi connectivity index (χ2v) is 3.49. The van der Waals surface area contributed by atoms with E-state index in [2.05, 4.69) is 11.9 Å². The van der Waals surface area contributed by atoms with Crippen LogP contribution in [0.1, 0.15) is 17.2 Å². The Morgan fingerprint density at radius 2 is 2.00 bits per heavy atom. The van der Waals surface area contributed by atoms with Gasteiger partial charge in [0.2, 0.25) is 0 Å². The highest BCUT2D eigenvalue weighted by Gasteiger charge is 2.31. The molecule has 0 aromatic heterocycles. The number of nitrogens with one attached hydrogen (secondary N) is 1. The third-order valence-corrected chi connectivity index (χ3v) is 2.40. The number of hydrogen-bond donors (Lipinski definition) is 1. The molecule has 0 heterocycles. The van der Waals surface area contributed by atoms with Crippen LogP contribution in [0.2, 0.25) is 0 Å². The third kappa shape index (κ3) is 3.23. The zero-order valence-electron chi connectivity index (χ0n) is 9.64. The van der Waals surface area contributed by atoms with Gasteiger partial charge < -0.3 is 10.1 Å². The molecule has 1 aromatic rings. The minimum absolute atomic E-state index is 0.178. The number of hydrogen-bond acceptors (Lipinski definition) is 2. The standard InChI is InChI=1S/C12H14F3NO/c1-4-11(16-2)8-5-9(12(13,14)15)7-10(6-8)17-3/h4-7,11,16H,1H2,2-3H3/t11-/m1/s1. The van der Waals surface area contributed by atoms with Crippen LogP contribution in [0.3, 0.4) is 0 Å². The van der Waals surface area contributed by atoms with Crippen LogP contribution in [0.4, 0.5) is 13.2 Å². The Bertz CT molecular complexity index is 401. The normalized spacial score (nSPS) is 13.2. The smallest absolute Gasteiger partial charge is 0.416 e. The van der Waals surface area contributed by atoms with Gasteiger partial charge in [0.1, 0.15) is 5.75 Å². The highest BCUT2D eigenvalue weighted by atomic mass is 19.4. The van der Waals surface area contributed by atoms with Crippen LogP contribution >= 0.6 is 0 Å². The molecule has 0 aliphatic carbocycles. The lowest BCUT2D eigenvalue weighted by molar-refractivity contribution is -0.137. The van der Waals surface area contributed by atoms with E-state index >= 15 is 0 Å². The molecule has 0 amide bonds. The molecule has 0 saturated carbocycles. The van der Waals surface area contributed by atoms with Gasteiger partial charge in [0, 0.05) is 0 Å². The lowest BCUT2D eigenvalue weighted by Gasteiger charge is -2.16. The van der Waals surface area contributed by atoms with Gasteiger partial charge in [0.25, 0.3) is 0 Å². The summed E-state index contributed by atoms with van der Waals surface area (Å²) in [5.74, 6) is 0.178. The molecule has 1 rings (SSSR count). The Morgan fingerprint density at radius 3 is 2.41 bits per heavy atom. The summed E-state index contributed by atoms with van der Waals surface area (Å²) in [6.45, 7) is 3.57. The van der Waals surface area contributed by atoms with Crippen molar-refractivity contribution in [2.75, 3.05) is 14.2 Å². The number of likely N-dealkylation sites (N-methyl/N-ethyl adjacent to an activating group) is 1. The molecule has 0 aliphatic heterocycles. The number of ether oxygens (including phenoxy) is 1.